The molecule has 21 heavy (non-hydrogen) atoms. The molecule has 2 rings (SSSR count). The number of hydrogen-bond donors (Lipinski definition) is 1. The predicted octanol–water partition coefficient (Wildman–Crippen LogP) is 3.81. The second-order valence-electron chi connectivity index (χ2n) is 5.89. The van der Waals surface area contributed by atoms with Crippen LogP contribution in [0.25, 0.3) is 0 Å². The molecule has 3 nitrogen and oxygen atoms in total. The smallest absolute Gasteiger partial charge is 0.0641 e. The summed E-state index contributed by atoms with van der Waals surface area (Å²) >= 11 is 3.58. The summed E-state index contributed by atoms with van der Waals surface area (Å²) in [6.07, 6.45) is 3.88. The Morgan fingerprint density at radius 2 is 2.19 bits per heavy atom. The molecule has 1 saturated carbocycles. The van der Waals surface area contributed by atoms with Crippen LogP contribution in [0.2, 0.25) is 0 Å². The molecular formula is C17H27BrN2O. The summed E-state index contributed by atoms with van der Waals surface area (Å²) in [6, 6.07) is 6.51. The van der Waals surface area contributed by atoms with Crippen molar-refractivity contribution < 1.29 is 4.74 Å². The van der Waals surface area contributed by atoms with Crippen molar-refractivity contribution in [2.24, 2.45) is 5.92 Å². The van der Waals surface area contributed by atoms with Gasteiger partial charge in [0.25, 0.3) is 0 Å². The first-order valence-corrected chi connectivity index (χ1v) is 8.78. The lowest BCUT2D eigenvalue weighted by Gasteiger charge is -2.23. The van der Waals surface area contributed by atoms with Gasteiger partial charge in [-0.3, -0.25) is 0 Å². The summed E-state index contributed by atoms with van der Waals surface area (Å²) < 4.78 is 6.88. The molecule has 0 aromatic heterocycles. The third-order valence-electron chi connectivity index (χ3n) is 3.82. The van der Waals surface area contributed by atoms with Crippen molar-refractivity contribution in [3.63, 3.8) is 0 Å². The summed E-state index contributed by atoms with van der Waals surface area (Å²) in [5.41, 5.74) is 2.62. The van der Waals surface area contributed by atoms with Crippen LogP contribution >= 0.6 is 15.9 Å². The summed E-state index contributed by atoms with van der Waals surface area (Å²) in [4.78, 5) is 2.29. The molecule has 1 aromatic carbocycles. The molecule has 4 heteroatoms. The molecular weight excluding hydrogens is 328 g/mol. The van der Waals surface area contributed by atoms with Crippen LogP contribution in [0.5, 0.6) is 0 Å². The summed E-state index contributed by atoms with van der Waals surface area (Å²) in [5.74, 6) is 0.843. The largest absolute Gasteiger partial charge is 0.379 e. The second-order valence-corrected chi connectivity index (χ2v) is 6.81. The predicted molar refractivity (Wildman–Crippen MR) is 93.0 cm³/mol. The van der Waals surface area contributed by atoms with E-state index < -0.39 is 0 Å². The van der Waals surface area contributed by atoms with Crippen molar-refractivity contribution in [2.45, 2.75) is 32.7 Å². The van der Waals surface area contributed by atoms with Crippen molar-refractivity contribution in [1.82, 2.24) is 5.32 Å². The van der Waals surface area contributed by atoms with Gasteiger partial charge >= 0.3 is 0 Å². The zero-order valence-electron chi connectivity index (χ0n) is 13.2. The molecule has 1 fully saturated rings. The van der Waals surface area contributed by atoms with E-state index in [-0.39, 0.29) is 0 Å². The molecule has 0 radical (unpaired) electrons. The molecule has 0 bridgehead atoms. The van der Waals surface area contributed by atoms with Crippen molar-refractivity contribution in [3.8, 4) is 0 Å². The highest BCUT2D eigenvalue weighted by molar-refractivity contribution is 9.10. The minimum Gasteiger partial charge on any atom is -0.379 e. The molecule has 1 aliphatic rings. The van der Waals surface area contributed by atoms with E-state index in [0.717, 1.165) is 49.7 Å². The number of benzene rings is 1. The van der Waals surface area contributed by atoms with Crippen LogP contribution in [0.3, 0.4) is 0 Å². The minimum atomic E-state index is 0.807. The van der Waals surface area contributed by atoms with E-state index >= 15 is 0 Å². The summed E-state index contributed by atoms with van der Waals surface area (Å²) in [6.45, 7) is 6.86. The highest BCUT2D eigenvalue weighted by Gasteiger charge is 2.21. The molecule has 0 spiro atoms. The zero-order valence-corrected chi connectivity index (χ0v) is 14.8. The monoisotopic (exact) mass is 354 g/mol. The number of anilines is 1. The van der Waals surface area contributed by atoms with Gasteiger partial charge in [-0.15, -0.1) is 0 Å². The lowest BCUT2D eigenvalue weighted by molar-refractivity contribution is 0.131. The molecule has 1 N–H and O–H groups in total. The Bertz CT molecular complexity index is 435. The van der Waals surface area contributed by atoms with Gasteiger partial charge in [-0.1, -0.05) is 28.9 Å². The van der Waals surface area contributed by atoms with Crippen molar-refractivity contribution in [3.05, 3.63) is 28.2 Å². The summed E-state index contributed by atoms with van der Waals surface area (Å²) in [5, 5.41) is 3.48. The average molecular weight is 355 g/mol. The second kappa shape index (κ2) is 8.76. The van der Waals surface area contributed by atoms with E-state index in [1.807, 2.05) is 0 Å². The number of nitrogens with zero attached hydrogens (tertiary/aromatic N) is 1. The van der Waals surface area contributed by atoms with Crippen molar-refractivity contribution in [2.75, 3.05) is 38.3 Å². The summed E-state index contributed by atoms with van der Waals surface area (Å²) in [7, 11) is 2.14. The van der Waals surface area contributed by atoms with Gasteiger partial charge in [0.1, 0.15) is 0 Å². The van der Waals surface area contributed by atoms with Crippen LogP contribution in [0.4, 0.5) is 5.69 Å². The van der Waals surface area contributed by atoms with E-state index in [1.54, 1.807) is 0 Å². The maximum Gasteiger partial charge on any atom is 0.0641 e. The maximum absolute atomic E-state index is 5.75. The topological polar surface area (TPSA) is 24.5 Å². The molecule has 1 aliphatic carbocycles. The fourth-order valence-electron chi connectivity index (χ4n) is 2.30. The quantitative estimate of drug-likeness (QED) is 0.646. The molecule has 0 amide bonds. The Morgan fingerprint density at radius 1 is 1.38 bits per heavy atom. The number of hydrogen-bond acceptors (Lipinski definition) is 3. The number of nitrogens with one attached hydrogen (secondary N) is 1. The fraction of sp³-hybridized carbons (Fsp3) is 0.647. The first kappa shape index (κ1) is 16.8. The van der Waals surface area contributed by atoms with E-state index in [9.17, 15) is 0 Å². The van der Waals surface area contributed by atoms with Crippen LogP contribution < -0.4 is 10.2 Å². The third kappa shape index (κ3) is 5.97. The van der Waals surface area contributed by atoms with Crippen LogP contribution in [-0.2, 0) is 11.3 Å². The highest BCUT2D eigenvalue weighted by Crippen LogP contribution is 2.29. The fourth-order valence-corrected chi connectivity index (χ4v) is 2.65. The zero-order chi connectivity index (χ0) is 15.1. The van der Waals surface area contributed by atoms with Crippen LogP contribution in [0, 0.1) is 5.92 Å². The Labute approximate surface area is 137 Å². The Morgan fingerprint density at radius 3 is 2.90 bits per heavy atom. The molecule has 0 saturated heterocycles. The van der Waals surface area contributed by atoms with Crippen molar-refractivity contribution in [1.29, 1.82) is 0 Å². The highest BCUT2D eigenvalue weighted by atomic mass is 79.9. The SMILES string of the molecule is CCCNCc1ccc(Br)cc1N(C)CCOCC1CC1. The number of halogens is 1. The van der Waals surface area contributed by atoms with Gasteiger partial charge in [0, 0.05) is 36.9 Å². The normalized spacial score (nSPS) is 14.4. The molecule has 0 unspecified atom stereocenters. The van der Waals surface area contributed by atoms with Crippen LogP contribution in [0.1, 0.15) is 31.7 Å². The molecule has 118 valence electrons. The Hall–Kier alpha value is -0.580. The lowest BCUT2D eigenvalue weighted by Crippen LogP contribution is -2.25. The van der Waals surface area contributed by atoms with Gasteiger partial charge in [0.15, 0.2) is 0 Å². The number of rotatable bonds is 10. The number of ether oxygens (including phenoxy) is 1. The van der Waals surface area contributed by atoms with E-state index in [1.165, 1.54) is 24.1 Å². The number of likely N-dealkylation sites (N-methyl/N-ethyl adjacent to an activating group) is 1. The minimum absolute atomic E-state index is 0.807. The van der Waals surface area contributed by atoms with E-state index in [4.69, 9.17) is 4.74 Å². The van der Waals surface area contributed by atoms with E-state index in [2.05, 4.69) is 58.3 Å². The maximum atomic E-state index is 5.75. The molecule has 0 heterocycles. The third-order valence-corrected chi connectivity index (χ3v) is 4.32. The molecule has 1 aromatic rings. The van der Waals surface area contributed by atoms with Crippen LogP contribution in [0.15, 0.2) is 22.7 Å². The van der Waals surface area contributed by atoms with Crippen molar-refractivity contribution >= 4 is 21.6 Å². The van der Waals surface area contributed by atoms with E-state index in [0.29, 0.717) is 0 Å². The molecule has 0 aliphatic heterocycles. The average Bonchev–Trinajstić information content (AvgIpc) is 3.29. The first-order valence-electron chi connectivity index (χ1n) is 7.98. The van der Waals surface area contributed by atoms with Crippen LogP contribution in [-0.4, -0.2) is 33.4 Å². The van der Waals surface area contributed by atoms with Gasteiger partial charge in [0.2, 0.25) is 0 Å². The standard InChI is InChI=1S/C17H27BrN2O/c1-3-8-19-12-15-6-7-16(18)11-17(15)20(2)9-10-21-13-14-4-5-14/h6-7,11,14,19H,3-5,8-10,12-13H2,1-2H3. The Balaban J connectivity index is 1.86. The van der Waals surface area contributed by atoms with Gasteiger partial charge < -0.3 is 15.0 Å². The Kier molecular flexibility index (Phi) is 7.00. The molecule has 0 atom stereocenters. The van der Waals surface area contributed by atoms with Gasteiger partial charge in [0.05, 0.1) is 6.61 Å². The van der Waals surface area contributed by atoms with Gasteiger partial charge in [-0.05, 0) is 49.4 Å². The van der Waals surface area contributed by atoms with Gasteiger partial charge in [-0.2, -0.15) is 0 Å². The van der Waals surface area contributed by atoms with Gasteiger partial charge in [-0.25, -0.2) is 0 Å². The first-order chi connectivity index (χ1) is 10.2. The lowest BCUT2D eigenvalue weighted by atomic mass is 10.1.